The Labute approximate surface area is 133 Å². The van der Waals surface area contributed by atoms with Gasteiger partial charge in [-0.1, -0.05) is 28.1 Å². The zero-order valence-electron chi connectivity index (χ0n) is 12.3. The molecule has 4 heteroatoms. The monoisotopic (exact) mass is 346 g/mol. The molecule has 1 amide bonds. The molecule has 0 aliphatic carbocycles. The molecular weight excluding hydrogens is 328 g/mol. The Morgan fingerprint density at radius 3 is 2.62 bits per heavy atom. The molecular formula is C17H19BrN2O. The predicted molar refractivity (Wildman–Crippen MR) is 90.1 cm³/mol. The zero-order valence-corrected chi connectivity index (χ0v) is 13.9. The molecule has 2 aromatic rings. The summed E-state index contributed by atoms with van der Waals surface area (Å²) >= 11 is 3.44. The smallest absolute Gasteiger partial charge is 0.254 e. The summed E-state index contributed by atoms with van der Waals surface area (Å²) in [6.45, 7) is 5.18. The average Bonchev–Trinajstić information content (AvgIpc) is 2.43. The van der Waals surface area contributed by atoms with Crippen LogP contribution in [0, 0.1) is 6.92 Å². The van der Waals surface area contributed by atoms with Gasteiger partial charge in [-0.05, 0) is 55.3 Å². The van der Waals surface area contributed by atoms with Crippen molar-refractivity contribution in [2.45, 2.75) is 20.4 Å². The first-order valence-electron chi connectivity index (χ1n) is 6.90. The molecule has 0 radical (unpaired) electrons. The SMILES string of the molecule is CCN(Cc1cccc(N)c1)C(=O)c1cc(C)cc(Br)c1. The summed E-state index contributed by atoms with van der Waals surface area (Å²) in [6, 6.07) is 13.4. The summed E-state index contributed by atoms with van der Waals surface area (Å²) in [6.07, 6.45) is 0. The fraction of sp³-hybridized carbons (Fsp3) is 0.235. The zero-order chi connectivity index (χ0) is 15.4. The molecule has 0 saturated heterocycles. The largest absolute Gasteiger partial charge is 0.399 e. The van der Waals surface area contributed by atoms with Gasteiger partial charge in [0.05, 0.1) is 0 Å². The number of amides is 1. The van der Waals surface area contributed by atoms with Crippen molar-refractivity contribution >= 4 is 27.5 Å². The predicted octanol–water partition coefficient (Wildman–Crippen LogP) is 4.00. The van der Waals surface area contributed by atoms with Crippen molar-refractivity contribution in [3.8, 4) is 0 Å². The van der Waals surface area contributed by atoms with Crippen molar-refractivity contribution in [2.24, 2.45) is 0 Å². The van der Waals surface area contributed by atoms with Gasteiger partial charge in [0.1, 0.15) is 0 Å². The molecule has 0 saturated carbocycles. The Morgan fingerprint density at radius 1 is 1.24 bits per heavy atom. The molecule has 110 valence electrons. The Bertz CT molecular complexity index is 635. The van der Waals surface area contributed by atoms with E-state index in [0.717, 1.165) is 15.6 Å². The third-order valence-electron chi connectivity index (χ3n) is 3.28. The van der Waals surface area contributed by atoms with Gasteiger partial charge >= 0.3 is 0 Å². The van der Waals surface area contributed by atoms with Crippen LogP contribution in [-0.4, -0.2) is 17.4 Å². The molecule has 0 aliphatic heterocycles. The standard InChI is InChI=1S/C17H19BrN2O/c1-3-20(11-13-5-4-6-16(19)9-13)17(21)14-7-12(2)8-15(18)10-14/h4-10H,3,11,19H2,1-2H3. The number of benzene rings is 2. The van der Waals surface area contributed by atoms with Crippen LogP contribution in [0.5, 0.6) is 0 Å². The fourth-order valence-corrected chi connectivity index (χ4v) is 2.89. The van der Waals surface area contributed by atoms with Gasteiger partial charge in [-0.15, -0.1) is 0 Å². The summed E-state index contributed by atoms with van der Waals surface area (Å²) in [5.41, 5.74) is 9.31. The molecule has 0 spiro atoms. The van der Waals surface area contributed by atoms with Crippen molar-refractivity contribution in [3.63, 3.8) is 0 Å². The highest BCUT2D eigenvalue weighted by atomic mass is 79.9. The molecule has 0 heterocycles. The van der Waals surface area contributed by atoms with Gasteiger partial charge in [0.2, 0.25) is 0 Å². The summed E-state index contributed by atoms with van der Waals surface area (Å²) < 4.78 is 0.922. The second kappa shape index (κ2) is 6.76. The molecule has 0 aromatic heterocycles. The van der Waals surface area contributed by atoms with Crippen LogP contribution in [0.2, 0.25) is 0 Å². The Balaban J connectivity index is 2.22. The number of aryl methyl sites for hydroxylation is 1. The number of anilines is 1. The van der Waals surface area contributed by atoms with Crippen LogP contribution in [-0.2, 0) is 6.54 Å². The van der Waals surface area contributed by atoms with Crippen LogP contribution in [0.1, 0.15) is 28.4 Å². The van der Waals surface area contributed by atoms with E-state index in [1.165, 1.54) is 0 Å². The Kier molecular flexibility index (Phi) is 5.02. The minimum Gasteiger partial charge on any atom is -0.399 e. The molecule has 0 atom stereocenters. The van der Waals surface area contributed by atoms with Gasteiger partial charge < -0.3 is 10.6 Å². The van der Waals surface area contributed by atoms with E-state index < -0.39 is 0 Å². The van der Waals surface area contributed by atoms with Crippen LogP contribution < -0.4 is 5.73 Å². The van der Waals surface area contributed by atoms with E-state index in [1.807, 2.05) is 61.2 Å². The first-order chi connectivity index (χ1) is 9.99. The maximum absolute atomic E-state index is 12.6. The van der Waals surface area contributed by atoms with Crippen LogP contribution >= 0.6 is 15.9 Å². The lowest BCUT2D eigenvalue weighted by atomic mass is 10.1. The minimum absolute atomic E-state index is 0.0318. The molecule has 0 bridgehead atoms. The Morgan fingerprint density at radius 2 is 2.00 bits per heavy atom. The summed E-state index contributed by atoms with van der Waals surface area (Å²) in [5.74, 6) is 0.0318. The van der Waals surface area contributed by atoms with Gasteiger partial charge in [0, 0.05) is 28.8 Å². The second-order valence-electron chi connectivity index (χ2n) is 5.08. The Hall–Kier alpha value is -1.81. The normalized spacial score (nSPS) is 10.4. The van der Waals surface area contributed by atoms with E-state index in [2.05, 4.69) is 15.9 Å². The van der Waals surface area contributed by atoms with Gasteiger partial charge in [-0.3, -0.25) is 4.79 Å². The highest BCUT2D eigenvalue weighted by Gasteiger charge is 2.15. The highest BCUT2D eigenvalue weighted by Crippen LogP contribution is 2.18. The number of halogens is 1. The average molecular weight is 347 g/mol. The number of hydrogen-bond acceptors (Lipinski definition) is 2. The minimum atomic E-state index is 0.0318. The van der Waals surface area contributed by atoms with Gasteiger partial charge in [-0.25, -0.2) is 0 Å². The van der Waals surface area contributed by atoms with Crippen molar-refractivity contribution in [3.05, 3.63) is 63.6 Å². The number of nitrogen functional groups attached to an aromatic ring is 1. The van der Waals surface area contributed by atoms with E-state index in [9.17, 15) is 4.79 Å². The lowest BCUT2D eigenvalue weighted by Gasteiger charge is -2.21. The molecule has 0 aliphatic rings. The molecule has 3 nitrogen and oxygen atoms in total. The number of rotatable bonds is 4. The number of hydrogen-bond donors (Lipinski definition) is 1. The topological polar surface area (TPSA) is 46.3 Å². The van der Waals surface area contributed by atoms with Crippen molar-refractivity contribution in [2.75, 3.05) is 12.3 Å². The quantitative estimate of drug-likeness (QED) is 0.850. The first kappa shape index (κ1) is 15.6. The summed E-state index contributed by atoms with van der Waals surface area (Å²) in [4.78, 5) is 14.5. The molecule has 0 unspecified atom stereocenters. The van der Waals surface area contributed by atoms with Gasteiger partial charge in [0.25, 0.3) is 5.91 Å². The highest BCUT2D eigenvalue weighted by molar-refractivity contribution is 9.10. The van der Waals surface area contributed by atoms with Crippen molar-refractivity contribution in [1.29, 1.82) is 0 Å². The van der Waals surface area contributed by atoms with Crippen molar-refractivity contribution in [1.82, 2.24) is 4.90 Å². The molecule has 21 heavy (non-hydrogen) atoms. The van der Waals surface area contributed by atoms with E-state index in [1.54, 1.807) is 0 Å². The maximum atomic E-state index is 12.6. The van der Waals surface area contributed by atoms with Crippen LogP contribution in [0.3, 0.4) is 0 Å². The van der Waals surface area contributed by atoms with Gasteiger partial charge in [0.15, 0.2) is 0 Å². The summed E-state index contributed by atoms with van der Waals surface area (Å²) in [5, 5.41) is 0. The third-order valence-corrected chi connectivity index (χ3v) is 3.74. The number of nitrogens with zero attached hydrogens (tertiary/aromatic N) is 1. The molecule has 2 N–H and O–H groups in total. The van der Waals surface area contributed by atoms with Gasteiger partial charge in [-0.2, -0.15) is 0 Å². The van der Waals surface area contributed by atoms with Crippen LogP contribution in [0.25, 0.3) is 0 Å². The number of carbonyl (C=O) groups is 1. The van der Waals surface area contributed by atoms with Crippen LogP contribution in [0.4, 0.5) is 5.69 Å². The van der Waals surface area contributed by atoms with E-state index >= 15 is 0 Å². The van der Waals surface area contributed by atoms with E-state index in [-0.39, 0.29) is 5.91 Å². The van der Waals surface area contributed by atoms with Crippen molar-refractivity contribution < 1.29 is 4.79 Å². The van der Waals surface area contributed by atoms with E-state index in [0.29, 0.717) is 24.3 Å². The third kappa shape index (κ3) is 4.08. The number of carbonyl (C=O) groups excluding carboxylic acids is 1. The molecule has 2 rings (SSSR count). The lowest BCUT2D eigenvalue weighted by Crippen LogP contribution is -2.30. The number of nitrogens with two attached hydrogens (primary N) is 1. The fourth-order valence-electron chi connectivity index (χ4n) is 2.28. The molecule has 0 fully saturated rings. The molecule has 2 aromatic carbocycles. The summed E-state index contributed by atoms with van der Waals surface area (Å²) in [7, 11) is 0. The second-order valence-corrected chi connectivity index (χ2v) is 6.00. The lowest BCUT2D eigenvalue weighted by molar-refractivity contribution is 0.0752. The maximum Gasteiger partial charge on any atom is 0.254 e. The van der Waals surface area contributed by atoms with E-state index in [4.69, 9.17) is 5.73 Å². The van der Waals surface area contributed by atoms with Crippen LogP contribution in [0.15, 0.2) is 46.9 Å². The first-order valence-corrected chi connectivity index (χ1v) is 7.69.